The Morgan fingerprint density at radius 2 is 2.27 bits per heavy atom. The van der Waals surface area contributed by atoms with Crippen LogP contribution in [0, 0.1) is 0 Å². The molecule has 5 nitrogen and oxygen atoms in total. The van der Waals surface area contributed by atoms with Crippen LogP contribution in [0.2, 0.25) is 0 Å². The lowest BCUT2D eigenvalue weighted by molar-refractivity contribution is -0.128. The van der Waals surface area contributed by atoms with Crippen LogP contribution in [0.5, 0.6) is 0 Å². The molecular weight excluding hydrogens is 194 g/mol. The van der Waals surface area contributed by atoms with Crippen molar-refractivity contribution in [2.24, 2.45) is 0 Å². The van der Waals surface area contributed by atoms with E-state index < -0.39 is 0 Å². The molecule has 0 aliphatic carbocycles. The molecule has 0 aromatic rings. The molecule has 2 saturated heterocycles. The molecule has 2 aliphatic heterocycles. The number of carbonyl (C=O) groups is 2. The van der Waals surface area contributed by atoms with Gasteiger partial charge < -0.3 is 15.5 Å². The van der Waals surface area contributed by atoms with Crippen LogP contribution in [0.4, 0.5) is 0 Å². The fraction of sp³-hybridized carbons (Fsp3) is 0.800. The number of carbonyl (C=O) groups excluding carboxylic acids is 2. The third-order valence-corrected chi connectivity index (χ3v) is 3.12. The van der Waals surface area contributed by atoms with E-state index in [0.29, 0.717) is 13.0 Å². The molecule has 5 heteroatoms. The Kier molecular flexibility index (Phi) is 2.90. The molecule has 0 aromatic carbocycles. The minimum absolute atomic E-state index is 0.0486. The molecule has 2 fully saturated rings. The van der Waals surface area contributed by atoms with Crippen molar-refractivity contribution in [3.05, 3.63) is 0 Å². The van der Waals surface area contributed by atoms with Gasteiger partial charge in [-0.15, -0.1) is 0 Å². The van der Waals surface area contributed by atoms with Gasteiger partial charge in [-0.2, -0.15) is 0 Å². The third-order valence-electron chi connectivity index (χ3n) is 3.12. The first-order valence-corrected chi connectivity index (χ1v) is 5.44. The number of rotatable bonds is 3. The second-order valence-electron chi connectivity index (χ2n) is 4.31. The van der Waals surface area contributed by atoms with Gasteiger partial charge in [-0.05, 0) is 12.8 Å². The summed E-state index contributed by atoms with van der Waals surface area (Å²) >= 11 is 0. The highest BCUT2D eigenvalue weighted by Gasteiger charge is 2.30. The lowest BCUT2D eigenvalue weighted by Crippen LogP contribution is -2.43. The van der Waals surface area contributed by atoms with Crippen LogP contribution in [0.3, 0.4) is 0 Å². The lowest BCUT2D eigenvalue weighted by Gasteiger charge is -2.15. The topological polar surface area (TPSA) is 61.4 Å². The summed E-state index contributed by atoms with van der Waals surface area (Å²) in [6.45, 7) is 1.53. The van der Waals surface area contributed by atoms with Crippen LogP contribution in [0.25, 0.3) is 0 Å². The van der Waals surface area contributed by atoms with Crippen LogP contribution < -0.4 is 10.6 Å². The number of nitrogens with zero attached hydrogens (tertiary/aromatic N) is 1. The molecule has 0 saturated carbocycles. The summed E-state index contributed by atoms with van der Waals surface area (Å²) in [6.07, 6.45) is 2.36. The SMILES string of the molecule is CN1CCC(NCC2CCC(=O)N2)C1=O. The van der Waals surface area contributed by atoms with Gasteiger partial charge in [0.15, 0.2) is 0 Å². The maximum atomic E-state index is 11.6. The Balaban J connectivity index is 1.74. The first-order valence-electron chi connectivity index (χ1n) is 5.44. The Morgan fingerprint density at radius 3 is 2.80 bits per heavy atom. The van der Waals surface area contributed by atoms with Gasteiger partial charge in [0.1, 0.15) is 0 Å². The van der Waals surface area contributed by atoms with Gasteiger partial charge in [-0.25, -0.2) is 0 Å². The largest absolute Gasteiger partial charge is 0.352 e. The molecule has 2 atom stereocenters. The van der Waals surface area contributed by atoms with Gasteiger partial charge >= 0.3 is 0 Å². The summed E-state index contributed by atoms with van der Waals surface area (Å²) < 4.78 is 0. The highest BCUT2D eigenvalue weighted by Crippen LogP contribution is 2.10. The molecule has 2 N–H and O–H groups in total. The minimum atomic E-state index is -0.0486. The zero-order chi connectivity index (χ0) is 10.8. The van der Waals surface area contributed by atoms with Gasteiger partial charge in [0.05, 0.1) is 6.04 Å². The zero-order valence-electron chi connectivity index (χ0n) is 8.95. The Morgan fingerprint density at radius 1 is 1.47 bits per heavy atom. The summed E-state index contributed by atoms with van der Waals surface area (Å²) in [4.78, 5) is 24.2. The van der Waals surface area contributed by atoms with Crippen LogP contribution in [0.1, 0.15) is 19.3 Å². The van der Waals surface area contributed by atoms with E-state index in [9.17, 15) is 9.59 Å². The van der Waals surface area contributed by atoms with Crippen molar-refractivity contribution in [3.63, 3.8) is 0 Å². The molecule has 84 valence electrons. The summed E-state index contributed by atoms with van der Waals surface area (Å²) in [5, 5.41) is 6.10. The zero-order valence-corrected chi connectivity index (χ0v) is 8.95. The molecule has 2 aliphatic rings. The maximum Gasteiger partial charge on any atom is 0.239 e. The molecule has 15 heavy (non-hydrogen) atoms. The molecule has 2 amide bonds. The predicted octanol–water partition coefficient (Wildman–Crippen LogP) is -0.915. The number of hydrogen-bond acceptors (Lipinski definition) is 3. The van der Waals surface area contributed by atoms with Gasteiger partial charge in [0, 0.05) is 32.6 Å². The van der Waals surface area contributed by atoms with E-state index in [1.54, 1.807) is 4.90 Å². The van der Waals surface area contributed by atoms with Crippen molar-refractivity contribution in [3.8, 4) is 0 Å². The van der Waals surface area contributed by atoms with E-state index in [2.05, 4.69) is 10.6 Å². The van der Waals surface area contributed by atoms with Gasteiger partial charge in [-0.1, -0.05) is 0 Å². The van der Waals surface area contributed by atoms with Crippen molar-refractivity contribution >= 4 is 11.8 Å². The monoisotopic (exact) mass is 211 g/mol. The standard InChI is InChI=1S/C10H17N3O2/c1-13-5-4-8(10(13)15)11-6-7-2-3-9(14)12-7/h7-8,11H,2-6H2,1H3,(H,12,14). The molecule has 2 rings (SSSR count). The average molecular weight is 211 g/mol. The van der Waals surface area contributed by atoms with E-state index >= 15 is 0 Å². The fourth-order valence-corrected chi connectivity index (χ4v) is 2.13. The second kappa shape index (κ2) is 4.18. The quantitative estimate of drug-likeness (QED) is 0.635. The van der Waals surface area contributed by atoms with Crippen molar-refractivity contribution in [1.82, 2.24) is 15.5 Å². The van der Waals surface area contributed by atoms with E-state index in [-0.39, 0.29) is 23.9 Å². The van der Waals surface area contributed by atoms with Gasteiger partial charge in [0.25, 0.3) is 0 Å². The number of amides is 2. The fourth-order valence-electron chi connectivity index (χ4n) is 2.13. The van der Waals surface area contributed by atoms with E-state index in [0.717, 1.165) is 19.4 Å². The van der Waals surface area contributed by atoms with Crippen LogP contribution in [-0.2, 0) is 9.59 Å². The normalized spacial score (nSPS) is 31.1. The van der Waals surface area contributed by atoms with Gasteiger partial charge in [0.2, 0.25) is 11.8 Å². The average Bonchev–Trinajstić information content (AvgIpc) is 2.74. The first kappa shape index (κ1) is 10.4. The third kappa shape index (κ3) is 2.28. The Bertz CT molecular complexity index is 280. The van der Waals surface area contributed by atoms with Crippen molar-refractivity contribution in [2.45, 2.75) is 31.3 Å². The summed E-state index contributed by atoms with van der Waals surface area (Å²) in [6, 6.07) is 0.156. The maximum absolute atomic E-state index is 11.6. The molecular formula is C10H17N3O2. The van der Waals surface area contributed by atoms with E-state index in [1.165, 1.54) is 0 Å². The smallest absolute Gasteiger partial charge is 0.239 e. The Hall–Kier alpha value is -1.10. The Labute approximate surface area is 89.2 Å². The minimum Gasteiger partial charge on any atom is -0.352 e. The first-order chi connectivity index (χ1) is 7.16. The molecule has 2 heterocycles. The number of hydrogen-bond donors (Lipinski definition) is 2. The second-order valence-corrected chi connectivity index (χ2v) is 4.31. The van der Waals surface area contributed by atoms with Crippen molar-refractivity contribution in [1.29, 1.82) is 0 Å². The molecule has 0 spiro atoms. The summed E-state index contributed by atoms with van der Waals surface area (Å²) in [5.74, 6) is 0.288. The van der Waals surface area contributed by atoms with Crippen LogP contribution in [-0.4, -0.2) is 48.9 Å². The number of likely N-dealkylation sites (N-methyl/N-ethyl adjacent to an activating group) is 1. The molecule has 2 unspecified atom stereocenters. The summed E-state index contributed by atoms with van der Waals surface area (Å²) in [7, 11) is 1.82. The van der Waals surface area contributed by atoms with E-state index in [4.69, 9.17) is 0 Å². The predicted molar refractivity (Wildman–Crippen MR) is 55.2 cm³/mol. The van der Waals surface area contributed by atoms with E-state index in [1.807, 2.05) is 7.05 Å². The summed E-state index contributed by atoms with van der Waals surface area (Å²) in [5.41, 5.74) is 0. The van der Waals surface area contributed by atoms with Crippen LogP contribution >= 0.6 is 0 Å². The lowest BCUT2D eigenvalue weighted by atomic mass is 10.2. The van der Waals surface area contributed by atoms with Crippen molar-refractivity contribution < 1.29 is 9.59 Å². The molecule has 0 radical (unpaired) electrons. The van der Waals surface area contributed by atoms with Crippen LogP contribution in [0.15, 0.2) is 0 Å². The molecule has 0 aromatic heterocycles. The van der Waals surface area contributed by atoms with Crippen molar-refractivity contribution in [2.75, 3.05) is 20.1 Å². The number of nitrogens with one attached hydrogen (secondary N) is 2. The number of likely N-dealkylation sites (tertiary alicyclic amines) is 1. The highest BCUT2D eigenvalue weighted by molar-refractivity contribution is 5.83. The highest BCUT2D eigenvalue weighted by atomic mass is 16.2. The van der Waals surface area contributed by atoms with Gasteiger partial charge in [-0.3, -0.25) is 9.59 Å². The molecule has 0 bridgehead atoms.